The minimum Gasteiger partial charge on any atom is -0.504 e. The molecule has 5 aromatic rings. The first-order valence-electron chi connectivity index (χ1n) is 20.9. The minimum absolute atomic E-state index is 0.269. The van der Waals surface area contributed by atoms with Crippen LogP contribution in [0.15, 0.2) is 36.4 Å². The molecule has 30 heteroatoms. The number of cyclic esters (lactones) is 4. The highest BCUT2D eigenvalue weighted by atomic mass is 16.7. The Hall–Kier alpha value is -9.75. The largest absolute Gasteiger partial charge is 0.504 e. The molecule has 4 unspecified atom stereocenters. The second-order valence-electron chi connectivity index (χ2n) is 16.7. The van der Waals surface area contributed by atoms with Gasteiger partial charge in [-0.1, -0.05) is 0 Å². The van der Waals surface area contributed by atoms with E-state index in [0.29, 0.717) is 18.2 Å². The number of phenols is 15. The first kappa shape index (κ1) is 51.6. The van der Waals surface area contributed by atoms with E-state index in [4.69, 9.17) is 28.4 Å². The lowest BCUT2D eigenvalue weighted by molar-refractivity contribution is -0.332. The van der Waals surface area contributed by atoms with Gasteiger partial charge in [-0.25, -0.2) is 24.0 Å². The number of ether oxygens (including phenoxy) is 6. The van der Waals surface area contributed by atoms with Crippen LogP contribution in [0.1, 0.15) is 58.2 Å². The van der Waals surface area contributed by atoms with Crippen molar-refractivity contribution in [1.82, 2.24) is 0 Å². The molecule has 0 radical (unpaired) electrons. The number of fused-ring (bicyclic) bond motifs is 6. The fraction of sp³-hybridized carbons (Fsp3) is 0.222. The summed E-state index contributed by atoms with van der Waals surface area (Å²) in [5, 5.41) is 204. The Bertz CT molecular complexity index is 3270. The van der Waals surface area contributed by atoms with E-state index in [-0.39, 0.29) is 18.2 Å². The van der Waals surface area contributed by atoms with Crippen molar-refractivity contribution in [2.45, 2.75) is 55.1 Å². The van der Waals surface area contributed by atoms with E-state index in [1.54, 1.807) is 0 Å². The van der Waals surface area contributed by atoms with E-state index in [1.807, 2.05) is 0 Å². The molecule has 1 fully saturated rings. The molecule has 0 aliphatic carbocycles. The predicted octanol–water partition coefficient (Wildman–Crippen LogP) is -0.560. The molecule has 3 aliphatic heterocycles. The van der Waals surface area contributed by atoms with Gasteiger partial charge in [-0.3, -0.25) is 0 Å². The molecule has 8 rings (SSSR count). The summed E-state index contributed by atoms with van der Waals surface area (Å²) in [5.74, 6) is -35.0. The van der Waals surface area contributed by atoms with Crippen LogP contribution < -0.4 is 0 Å². The third-order valence-corrected chi connectivity index (χ3v) is 12.0. The van der Waals surface area contributed by atoms with Crippen LogP contribution in [-0.4, -0.2) is 182 Å². The van der Waals surface area contributed by atoms with Crippen molar-refractivity contribution >= 4 is 29.8 Å². The first-order chi connectivity index (χ1) is 35.1. The van der Waals surface area contributed by atoms with Crippen molar-refractivity contribution in [2.24, 2.45) is 0 Å². The fourth-order valence-corrected chi connectivity index (χ4v) is 8.25. The van der Waals surface area contributed by atoms with Gasteiger partial charge in [0.25, 0.3) is 6.29 Å². The summed E-state index contributed by atoms with van der Waals surface area (Å²) in [4.78, 5) is 72.9. The SMILES string of the molecule is O=C(OC1OC(=O)c2cc(O)c(O)c(O)c2-c2c(cc(O)c(O)c2O)C(=O)OC1C1OC(=O)c2cc(O)c(O)c(O)c2-c2c(cc(O)c(O)c2O)C(=O)OC1C[C@@]1(O)OC[C@@H](O)[C@H](O)[C@@H]1O)c1cc(O)c(O)c(O)c1. The quantitative estimate of drug-likeness (QED) is 0.0596. The summed E-state index contributed by atoms with van der Waals surface area (Å²) in [6.45, 7) is -1.08. The number of carbonyl (C=O) groups excluding carboxylic acids is 5. The standard InChI is InChI=1S/C45H36O30/c46-14-1-9(2-15(47)26(14)53)39(64)74-44-37(73-42(67)12-5-18(50)29(56)34(61)24(12)25-13(43(68)75-44)6-19(51)30(57)35(25)62)36-21(7-45(69)38(63)31(58)20(52)8-70-45)71-40(65)10-3-16(48)27(54)32(59)22(10)23-11(41(66)72-36)4-17(49)28(55)33(23)60/h1-6,20-21,31,36-38,44,46-63,69H,7-8H2/t20-,21?,31+,36?,37?,38+,44?,45-/m1/s1. The molecule has 8 atom stereocenters. The Balaban J connectivity index is 1.45. The number of phenolic OH excluding ortho intramolecular Hbond substituents is 15. The van der Waals surface area contributed by atoms with Crippen molar-refractivity contribution in [1.29, 1.82) is 0 Å². The number of aliphatic hydroxyl groups excluding tert-OH is 3. The highest BCUT2D eigenvalue weighted by Gasteiger charge is 2.56. The molecule has 3 heterocycles. The first-order valence-corrected chi connectivity index (χ1v) is 20.9. The van der Waals surface area contributed by atoms with E-state index in [1.165, 1.54) is 0 Å². The molecular weight excluding hydrogens is 1020 g/mol. The Labute approximate surface area is 413 Å². The topological polar surface area (TPSA) is 525 Å². The second-order valence-corrected chi connectivity index (χ2v) is 16.7. The van der Waals surface area contributed by atoms with E-state index >= 15 is 0 Å². The van der Waals surface area contributed by atoms with Crippen molar-refractivity contribution in [3.8, 4) is 108 Å². The summed E-state index contributed by atoms with van der Waals surface area (Å²) in [5.41, 5.74) is -11.1. The lowest BCUT2D eigenvalue weighted by atomic mass is 9.88. The van der Waals surface area contributed by atoms with Crippen LogP contribution in [0, 0.1) is 0 Å². The molecule has 396 valence electrons. The Morgan fingerprint density at radius 2 is 0.827 bits per heavy atom. The van der Waals surface area contributed by atoms with Crippen LogP contribution in [0.5, 0.6) is 86.2 Å². The van der Waals surface area contributed by atoms with E-state index in [9.17, 15) is 121 Å². The molecule has 0 spiro atoms. The average Bonchev–Trinajstić information content (AvgIpc) is 3.36. The predicted molar refractivity (Wildman–Crippen MR) is 231 cm³/mol. The summed E-state index contributed by atoms with van der Waals surface area (Å²) < 4.78 is 33.0. The van der Waals surface area contributed by atoms with Gasteiger partial charge >= 0.3 is 29.8 Å². The van der Waals surface area contributed by atoms with Gasteiger partial charge < -0.3 is 125 Å². The monoisotopic (exact) mass is 1060 g/mol. The van der Waals surface area contributed by atoms with Crippen LogP contribution in [0.3, 0.4) is 0 Å². The summed E-state index contributed by atoms with van der Waals surface area (Å²) in [6, 6.07) is 1.97. The number of hydrogen-bond acceptors (Lipinski definition) is 30. The number of rotatable bonds is 5. The highest BCUT2D eigenvalue weighted by Crippen LogP contribution is 2.55. The third-order valence-electron chi connectivity index (χ3n) is 12.0. The van der Waals surface area contributed by atoms with E-state index < -0.39 is 228 Å². The summed E-state index contributed by atoms with van der Waals surface area (Å²) >= 11 is 0. The second kappa shape index (κ2) is 18.4. The fourth-order valence-electron chi connectivity index (χ4n) is 8.25. The normalized spacial score (nSPS) is 23.7. The number of carbonyl (C=O) groups is 5. The molecular formula is C45H36O30. The van der Waals surface area contributed by atoms with Gasteiger partial charge in [-0.2, -0.15) is 0 Å². The Kier molecular flexibility index (Phi) is 12.6. The smallest absolute Gasteiger partial charge is 0.342 e. The molecule has 5 aromatic carbocycles. The lowest BCUT2D eigenvalue weighted by Gasteiger charge is -2.44. The maximum atomic E-state index is 14.8. The Morgan fingerprint density at radius 3 is 1.23 bits per heavy atom. The van der Waals surface area contributed by atoms with E-state index in [2.05, 4.69) is 0 Å². The zero-order valence-corrected chi connectivity index (χ0v) is 36.9. The third kappa shape index (κ3) is 8.49. The van der Waals surface area contributed by atoms with Gasteiger partial charge in [0.1, 0.15) is 24.4 Å². The molecule has 0 bridgehead atoms. The number of aromatic hydroxyl groups is 15. The van der Waals surface area contributed by atoms with Gasteiger partial charge in [0, 0.05) is 28.7 Å². The van der Waals surface area contributed by atoms with Crippen LogP contribution >= 0.6 is 0 Å². The van der Waals surface area contributed by atoms with Gasteiger partial charge in [0.15, 0.2) is 75.1 Å². The molecule has 0 saturated carbocycles. The molecule has 75 heavy (non-hydrogen) atoms. The summed E-state index contributed by atoms with van der Waals surface area (Å²) in [7, 11) is 0. The molecule has 0 amide bonds. The lowest BCUT2D eigenvalue weighted by Crippen LogP contribution is -2.63. The zero-order chi connectivity index (χ0) is 55.2. The highest BCUT2D eigenvalue weighted by molar-refractivity contribution is 6.10. The van der Waals surface area contributed by atoms with Crippen molar-refractivity contribution in [2.75, 3.05) is 6.61 Å². The number of aliphatic hydroxyl groups is 4. The minimum atomic E-state index is -3.39. The van der Waals surface area contributed by atoms with Gasteiger partial charge in [0.2, 0.25) is 29.1 Å². The number of esters is 5. The molecule has 19 N–H and O–H groups in total. The number of hydrogen-bond donors (Lipinski definition) is 19. The zero-order valence-electron chi connectivity index (χ0n) is 36.9. The average molecular weight is 1060 g/mol. The van der Waals surface area contributed by atoms with Crippen LogP contribution in [0.25, 0.3) is 22.3 Å². The molecule has 1 saturated heterocycles. The number of benzene rings is 5. The van der Waals surface area contributed by atoms with E-state index in [0.717, 1.165) is 0 Å². The molecule has 30 nitrogen and oxygen atoms in total. The van der Waals surface area contributed by atoms with Gasteiger partial charge in [-0.05, 0) is 36.4 Å². The van der Waals surface area contributed by atoms with Crippen LogP contribution in [0.2, 0.25) is 0 Å². The Morgan fingerprint density at radius 1 is 0.480 bits per heavy atom. The van der Waals surface area contributed by atoms with Crippen LogP contribution in [0.4, 0.5) is 0 Å². The van der Waals surface area contributed by atoms with Gasteiger partial charge in [-0.15, -0.1) is 0 Å². The maximum Gasteiger partial charge on any atom is 0.342 e. The van der Waals surface area contributed by atoms with Crippen LogP contribution in [-0.2, 0) is 28.4 Å². The van der Waals surface area contributed by atoms with Crippen molar-refractivity contribution < 1.29 is 149 Å². The summed E-state index contributed by atoms with van der Waals surface area (Å²) in [6.07, 6.45) is -21.0. The molecule has 0 aromatic heterocycles. The van der Waals surface area contributed by atoms with Crippen molar-refractivity contribution in [3.63, 3.8) is 0 Å². The van der Waals surface area contributed by atoms with Crippen molar-refractivity contribution in [3.05, 3.63) is 64.2 Å². The maximum absolute atomic E-state index is 14.8. The van der Waals surface area contributed by atoms with Gasteiger partial charge in [0.05, 0.1) is 34.4 Å². The molecule has 3 aliphatic rings.